The molecule has 2 saturated heterocycles. The molecule has 0 aliphatic carbocycles. The Balaban J connectivity index is 0.00000392. The summed E-state index contributed by atoms with van der Waals surface area (Å²) in [5, 5.41) is 3.33. The van der Waals surface area contributed by atoms with Gasteiger partial charge in [0.05, 0.1) is 10.5 Å². The number of nitrogens with zero attached hydrogens (tertiary/aromatic N) is 4. The summed E-state index contributed by atoms with van der Waals surface area (Å²) in [6.07, 6.45) is 2.23. The lowest BCUT2D eigenvalue weighted by Gasteiger charge is -2.39. The SMILES string of the molecule is CCNC(=NCCCCN1CCN(CC)CC1)N1CCS(=O)(=O)C(C)(C)C1.I. The third kappa shape index (κ3) is 7.28. The molecule has 166 valence electrons. The van der Waals surface area contributed by atoms with Crippen molar-refractivity contribution >= 4 is 39.8 Å². The number of likely N-dealkylation sites (N-methyl/N-ethyl adjacent to an activating group) is 1. The Labute approximate surface area is 189 Å². The van der Waals surface area contributed by atoms with Crippen LogP contribution in [-0.4, -0.2) is 105 Å². The summed E-state index contributed by atoms with van der Waals surface area (Å²) in [5.41, 5.74) is 0. The highest BCUT2D eigenvalue weighted by molar-refractivity contribution is 14.0. The normalized spacial score (nSPS) is 23.3. The Kier molecular flexibility index (Phi) is 11.0. The molecule has 0 saturated carbocycles. The monoisotopic (exact) mass is 529 g/mol. The van der Waals surface area contributed by atoms with E-state index in [0.717, 1.165) is 45.0 Å². The van der Waals surface area contributed by atoms with Crippen LogP contribution in [0.15, 0.2) is 4.99 Å². The van der Waals surface area contributed by atoms with E-state index in [0.29, 0.717) is 13.1 Å². The first-order valence-electron chi connectivity index (χ1n) is 10.5. The van der Waals surface area contributed by atoms with Crippen LogP contribution in [0.1, 0.15) is 40.5 Å². The van der Waals surface area contributed by atoms with Crippen LogP contribution in [0.3, 0.4) is 0 Å². The van der Waals surface area contributed by atoms with Gasteiger partial charge in [0, 0.05) is 52.4 Å². The molecular formula is C19H40IN5O2S. The molecule has 0 aromatic carbocycles. The summed E-state index contributed by atoms with van der Waals surface area (Å²) in [7, 11) is -3.02. The number of nitrogens with one attached hydrogen (secondary N) is 1. The molecule has 0 aromatic rings. The Bertz CT molecular complexity index is 589. The third-order valence-corrected chi connectivity index (χ3v) is 8.27. The van der Waals surface area contributed by atoms with Crippen molar-refractivity contribution in [3.05, 3.63) is 0 Å². The molecule has 0 spiro atoms. The fourth-order valence-corrected chi connectivity index (χ4v) is 5.08. The zero-order chi connectivity index (χ0) is 19.9. The van der Waals surface area contributed by atoms with Crippen LogP contribution in [0.5, 0.6) is 0 Å². The minimum absolute atomic E-state index is 0. The Morgan fingerprint density at radius 1 is 1.04 bits per heavy atom. The van der Waals surface area contributed by atoms with E-state index in [4.69, 9.17) is 4.99 Å². The third-order valence-electron chi connectivity index (χ3n) is 5.73. The number of hydrogen-bond donors (Lipinski definition) is 1. The summed E-state index contributed by atoms with van der Waals surface area (Å²) >= 11 is 0. The van der Waals surface area contributed by atoms with Gasteiger partial charge in [-0.25, -0.2) is 8.42 Å². The molecule has 2 aliphatic heterocycles. The van der Waals surface area contributed by atoms with Gasteiger partial charge in [-0.05, 0) is 46.7 Å². The number of aliphatic imine (C=N–C) groups is 1. The smallest absolute Gasteiger partial charge is 0.193 e. The molecule has 0 atom stereocenters. The van der Waals surface area contributed by atoms with Gasteiger partial charge in [-0.15, -0.1) is 24.0 Å². The van der Waals surface area contributed by atoms with Crippen molar-refractivity contribution in [1.29, 1.82) is 0 Å². The maximum absolute atomic E-state index is 12.2. The quantitative estimate of drug-likeness (QED) is 0.234. The van der Waals surface area contributed by atoms with E-state index in [-0.39, 0.29) is 29.7 Å². The van der Waals surface area contributed by atoms with Gasteiger partial charge in [0.2, 0.25) is 0 Å². The molecule has 0 aromatic heterocycles. The maximum Gasteiger partial charge on any atom is 0.193 e. The fourth-order valence-electron chi connectivity index (χ4n) is 3.71. The zero-order valence-corrected chi connectivity index (χ0v) is 21.3. The Hall–Kier alpha value is -0.130. The topological polar surface area (TPSA) is 68.2 Å². The largest absolute Gasteiger partial charge is 0.357 e. The van der Waals surface area contributed by atoms with Crippen molar-refractivity contribution < 1.29 is 8.42 Å². The van der Waals surface area contributed by atoms with E-state index < -0.39 is 14.6 Å². The van der Waals surface area contributed by atoms with Crippen LogP contribution < -0.4 is 5.32 Å². The van der Waals surface area contributed by atoms with Crippen molar-refractivity contribution in [3.63, 3.8) is 0 Å². The summed E-state index contributed by atoms with van der Waals surface area (Å²) in [6, 6.07) is 0. The van der Waals surface area contributed by atoms with Crippen LogP contribution in [0.25, 0.3) is 0 Å². The molecule has 9 heteroatoms. The van der Waals surface area contributed by atoms with E-state index >= 15 is 0 Å². The fraction of sp³-hybridized carbons (Fsp3) is 0.947. The lowest BCUT2D eigenvalue weighted by Crippen LogP contribution is -2.57. The average Bonchev–Trinajstić information content (AvgIpc) is 2.63. The number of hydrogen-bond acceptors (Lipinski definition) is 5. The molecule has 2 rings (SSSR count). The molecule has 28 heavy (non-hydrogen) atoms. The minimum Gasteiger partial charge on any atom is -0.357 e. The first-order valence-corrected chi connectivity index (χ1v) is 12.1. The molecule has 2 aliphatic rings. The van der Waals surface area contributed by atoms with Crippen molar-refractivity contribution in [3.8, 4) is 0 Å². The van der Waals surface area contributed by atoms with Gasteiger partial charge in [-0.1, -0.05) is 6.92 Å². The highest BCUT2D eigenvalue weighted by Crippen LogP contribution is 2.23. The Morgan fingerprint density at radius 2 is 1.68 bits per heavy atom. The second kappa shape index (κ2) is 11.9. The van der Waals surface area contributed by atoms with E-state index in [2.05, 4.69) is 33.9 Å². The van der Waals surface area contributed by atoms with Gasteiger partial charge >= 0.3 is 0 Å². The minimum atomic E-state index is -3.02. The molecule has 2 fully saturated rings. The van der Waals surface area contributed by atoms with Gasteiger partial charge in [0.25, 0.3) is 0 Å². The van der Waals surface area contributed by atoms with Gasteiger partial charge < -0.3 is 20.0 Å². The summed E-state index contributed by atoms with van der Waals surface area (Å²) in [4.78, 5) is 11.9. The molecule has 0 amide bonds. The lowest BCUT2D eigenvalue weighted by atomic mass is 10.2. The standard InChI is InChI=1S/C19H39N5O2S.HI/c1-5-20-18(24-15-16-27(25,26)19(3,4)17-24)21-9-7-8-10-23-13-11-22(6-2)12-14-23;/h5-17H2,1-4H3,(H,20,21);1H. The second-order valence-electron chi connectivity index (χ2n) is 8.22. The second-order valence-corrected chi connectivity index (χ2v) is 11.0. The van der Waals surface area contributed by atoms with Crippen LogP contribution >= 0.6 is 24.0 Å². The van der Waals surface area contributed by atoms with Crippen molar-refractivity contribution in [1.82, 2.24) is 20.0 Å². The van der Waals surface area contributed by atoms with Crippen LogP contribution in [0.4, 0.5) is 0 Å². The summed E-state index contributed by atoms with van der Waals surface area (Å²) < 4.78 is 23.7. The number of rotatable bonds is 7. The van der Waals surface area contributed by atoms with Crippen LogP contribution in [-0.2, 0) is 9.84 Å². The number of guanidine groups is 1. The van der Waals surface area contributed by atoms with Gasteiger partial charge in [0.1, 0.15) is 0 Å². The van der Waals surface area contributed by atoms with Gasteiger partial charge in [0.15, 0.2) is 15.8 Å². The predicted molar refractivity (Wildman–Crippen MR) is 129 cm³/mol. The van der Waals surface area contributed by atoms with E-state index in [1.54, 1.807) is 0 Å². The highest BCUT2D eigenvalue weighted by atomic mass is 127. The van der Waals surface area contributed by atoms with Crippen LogP contribution in [0, 0.1) is 0 Å². The molecular weight excluding hydrogens is 489 g/mol. The average molecular weight is 530 g/mol. The Morgan fingerprint density at radius 3 is 2.25 bits per heavy atom. The molecule has 7 nitrogen and oxygen atoms in total. The molecule has 0 radical (unpaired) electrons. The van der Waals surface area contributed by atoms with Crippen molar-refractivity contribution in [2.75, 3.05) is 71.2 Å². The summed E-state index contributed by atoms with van der Waals surface area (Å²) in [5.74, 6) is 1.06. The first kappa shape index (κ1) is 25.9. The number of sulfone groups is 1. The van der Waals surface area contributed by atoms with E-state index in [1.165, 1.54) is 26.2 Å². The number of piperazine rings is 1. The van der Waals surface area contributed by atoms with Crippen molar-refractivity contribution in [2.45, 2.75) is 45.3 Å². The lowest BCUT2D eigenvalue weighted by molar-refractivity contribution is 0.136. The first-order chi connectivity index (χ1) is 12.8. The zero-order valence-electron chi connectivity index (χ0n) is 18.1. The molecule has 1 N–H and O–H groups in total. The van der Waals surface area contributed by atoms with Gasteiger partial charge in [-0.2, -0.15) is 0 Å². The summed E-state index contributed by atoms with van der Waals surface area (Å²) in [6.45, 7) is 17.6. The number of halogens is 1. The number of unbranched alkanes of at least 4 members (excludes halogenated alkanes) is 1. The molecule has 0 bridgehead atoms. The van der Waals surface area contributed by atoms with Gasteiger partial charge in [-0.3, -0.25) is 4.99 Å². The highest BCUT2D eigenvalue weighted by Gasteiger charge is 2.40. The van der Waals surface area contributed by atoms with E-state index in [1.807, 2.05) is 13.8 Å². The molecule has 2 heterocycles. The maximum atomic E-state index is 12.2. The van der Waals surface area contributed by atoms with Crippen molar-refractivity contribution in [2.24, 2.45) is 4.99 Å². The van der Waals surface area contributed by atoms with Crippen LogP contribution in [0.2, 0.25) is 0 Å². The predicted octanol–water partition coefficient (Wildman–Crippen LogP) is 1.50. The molecule has 0 unspecified atom stereocenters. The van der Waals surface area contributed by atoms with E-state index in [9.17, 15) is 8.42 Å².